The quantitative estimate of drug-likeness (QED) is 0.366. The molecule has 6 nitrogen and oxygen atoms in total. The Hall–Kier alpha value is -1.14. The second kappa shape index (κ2) is 19.9. The van der Waals surface area contributed by atoms with Gasteiger partial charge >= 0.3 is 11.9 Å². The Labute approximate surface area is 133 Å². The highest BCUT2D eigenvalue weighted by atomic mass is 16.4. The van der Waals surface area contributed by atoms with Crippen molar-refractivity contribution in [3.63, 3.8) is 0 Å². The van der Waals surface area contributed by atoms with Crippen LogP contribution in [0.25, 0.3) is 0 Å². The van der Waals surface area contributed by atoms with E-state index in [9.17, 15) is 9.59 Å². The summed E-state index contributed by atoms with van der Waals surface area (Å²) in [4.78, 5) is 19.8. The number of carbonyl (C=O) groups is 2. The minimum Gasteiger partial charge on any atom is -0.481 e. The predicted octanol–water partition coefficient (Wildman–Crippen LogP) is 2.81. The summed E-state index contributed by atoms with van der Waals surface area (Å²) in [5, 5.41) is 33.3. The molecule has 0 bridgehead atoms. The first kappa shape index (κ1) is 23.1. The number of aliphatic hydroxyl groups is 2. The summed E-state index contributed by atoms with van der Waals surface area (Å²) in [5.41, 5.74) is 0. The highest BCUT2D eigenvalue weighted by Gasteiger charge is 1.99. The van der Waals surface area contributed by atoms with Gasteiger partial charge in [0.2, 0.25) is 0 Å². The van der Waals surface area contributed by atoms with Gasteiger partial charge in [-0.3, -0.25) is 9.59 Å². The smallest absolute Gasteiger partial charge is 0.303 e. The van der Waals surface area contributed by atoms with Gasteiger partial charge in [-0.25, -0.2) is 0 Å². The monoisotopic (exact) mass is 320 g/mol. The molecular weight excluding hydrogens is 288 g/mol. The lowest BCUT2D eigenvalue weighted by atomic mass is 10.1. The van der Waals surface area contributed by atoms with Crippen molar-refractivity contribution in [2.75, 3.05) is 13.2 Å². The second-order valence-corrected chi connectivity index (χ2v) is 5.27. The van der Waals surface area contributed by atoms with Gasteiger partial charge in [0.1, 0.15) is 0 Å². The fourth-order valence-corrected chi connectivity index (χ4v) is 1.84. The molecule has 0 aromatic carbocycles. The van der Waals surface area contributed by atoms with Crippen LogP contribution in [-0.4, -0.2) is 45.6 Å². The lowest BCUT2D eigenvalue weighted by molar-refractivity contribution is -0.139. The molecule has 0 saturated carbocycles. The Morgan fingerprint density at radius 3 is 1.00 bits per heavy atom. The standard InChI is InChI=1S/C10H22O2.C6H10O4/c11-9-7-5-3-1-2-4-6-8-10-12;7-5(8)3-1-2-4-6(9)10/h11-12H,1-10H2;1-4H2,(H,7,8)(H,9,10). The Balaban J connectivity index is 0. The van der Waals surface area contributed by atoms with E-state index in [0.29, 0.717) is 26.1 Å². The molecule has 0 saturated heterocycles. The number of unbranched alkanes of at least 4 members (excludes halogenated alkanes) is 8. The molecule has 4 N–H and O–H groups in total. The van der Waals surface area contributed by atoms with Crippen LogP contribution in [0.5, 0.6) is 0 Å². The summed E-state index contributed by atoms with van der Waals surface area (Å²) < 4.78 is 0. The molecule has 0 fully saturated rings. The summed E-state index contributed by atoms with van der Waals surface area (Å²) in [6.07, 6.45) is 10.3. The van der Waals surface area contributed by atoms with Gasteiger partial charge in [0.05, 0.1) is 0 Å². The van der Waals surface area contributed by atoms with Gasteiger partial charge in [0, 0.05) is 26.1 Å². The number of carboxylic acid groups (broad SMARTS) is 2. The van der Waals surface area contributed by atoms with Crippen LogP contribution in [0.4, 0.5) is 0 Å². The van der Waals surface area contributed by atoms with Crippen LogP contribution < -0.4 is 0 Å². The molecule has 0 spiro atoms. The normalized spacial score (nSPS) is 9.91. The van der Waals surface area contributed by atoms with Crippen molar-refractivity contribution < 1.29 is 30.0 Å². The van der Waals surface area contributed by atoms with E-state index in [-0.39, 0.29) is 12.8 Å². The van der Waals surface area contributed by atoms with Crippen LogP contribution in [0.3, 0.4) is 0 Å². The highest BCUT2D eigenvalue weighted by molar-refractivity contribution is 5.67. The average molecular weight is 320 g/mol. The average Bonchev–Trinajstić information content (AvgIpc) is 2.47. The summed E-state index contributed by atoms with van der Waals surface area (Å²) >= 11 is 0. The Kier molecular flexibility index (Phi) is 20.9. The van der Waals surface area contributed by atoms with Crippen molar-refractivity contribution >= 4 is 11.9 Å². The molecule has 0 aliphatic rings. The van der Waals surface area contributed by atoms with E-state index in [1.54, 1.807) is 0 Å². The van der Waals surface area contributed by atoms with E-state index in [4.69, 9.17) is 20.4 Å². The van der Waals surface area contributed by atoms with E-state index in [0.717, 1.165) is 25.7 Å². The van der Waals surface area contributed by atoms with Crippen LogP contribution in [0.1, 0.15) is 77.0 Å². The summed E-state index contributed by atoms with van der Waals surface area (Å²) in [6, 6.07) is 0. The van der Waals surface area contributed by atoms with Gasteiger partial charge in [-0.2, -0.15) is 0 Å². The van der Waals surface area contributed by atoms with Crippen LogP contribution in [0, 0.1) is 0 Å². The van der Waals surface area contributed by atoms with Crippen LogP contribution in [0.2, 0.25) is 0 Å². The van der Waals surface area contributed by atoms with E-state index < -0.39 is 11.9 Å². The Morgan fingerprint density at radius 2 is 0.773 bits per heavy atom. The fourth-order valence-electron chi connectivity index (χ4n) is 1.84. The molecule has 6 heteroatoms. The lowest BCUT2D eigenvalue weighted by Crippen LogP contribution is -1.97. The van der Waals surface area contributed by atoms with Gasteiger partial charge in [-0.05, 0) is 25.7 Å². The molecule has 0 radical (unpaired) electrons. The van der Waals surface area contributed by atoms with E-state index in [1.165, 1.54) is 25.7 Å². The molecule has 0 aliphatic carbocycles. The van der Waals surface area contributed by atoms with Gasteiger partial charge in [-0.15, -0.1) is 0 Å². The van der Waals surface area contributed by atoms with Gasteiger partial charge in [-0.1, -0.05) is 38.5 Å². The number of aliphatic carboxylic acids is 2. The third kappa shape index (κ3) is 27.2. The minimum atomic E-state index is -0.870. The predicted molar refractivity (Wildman–Crippen MR) is 84.8 cm³/mol. The van der Waals surface area contributed by atoms with Crippen molar-refractivity contribution in [2.45, 2.75) is 77.0 Å². The number of rotatable bonds is 14. The molecule has 0 rings (SSSR count). The van der Waals surface area contributed by atoms with Gasteiger partial charge in [0.25, 0.3) is 0 Å². The molecular formula is C16H32O6. The fraction of sp³-hybridized carbons (Fsp3) is 0.875. The molecule has 0 aliphatic heterocycles. The van der Waals surface area contributed by atoms with Crippen LogP contribution in [-0.2, 0) is 9.59 Å². The molecule has 0 aromatic heterocycles. The Bertz CT molecular complexity index is 229. The first-order valence-corrected chi connectivity index (χ1v) is 8.20. The van der Waals surface area contributed by atoms with Crippen LogP contribution >= 0.6 is 0 Å². The third-order valence-electron chi connectivity index (χ3n) is 3.10. The first-order chi connectivity index (χ1) is 10.5. The first-order valence-electron chi connectivity index (χ1n) is 8.20. The van der Waals surface area contributed by atoms with Crippen molar-refractivity contribution in [1.29, 1.82) is 0 Å². The summed E-state index contributed by atoms with van der Waals surface area (Å²) in [7, 11) is 0. The van der Waals surface area contributed by atoms with E-state index in [1.807, 2.05) is 0 Å². The van der Waals surface area contributed by atoms with Crippen molar-refractivity contribution in [3.8, 4) is 0 Å². The third-order valence-corrected chi connectivity index (χ3v) is 3.10. The van der Waals surface area contributed by atoms with Crippen molar-refractivity contribution in [1.82, 2.24) is 0 Å². The molecule has 0 aromatic rings. The lowest BCUT2D eigenvalue weighted by Gasteiger charge is -1.99. The summed E-state index contributed by atoms with van der Waals surface area (Å²) in [6.45, 7) is 0.676. The highest BCUT2D eigenvalue weighted by Crippen LogP contribution is 2.07. The Morgan fingerprint density at radius 1 is 0.500 bits per heavy atom. The maximum absolute atomic E-state index is 9.90. The minimum absolute atomic E-state index is 0.0628. The van der Waals surface area contributed by atoms with Crippen molar-refractivity contribution in [2.24, 2.45) is 0 Å². The zero-order valence-electron chi connectivity index (χ0n) is 13.5. The molecule has 0 unspecified atom stereocenters. The zero-order chi connectivity index (χ0) is 17.1. The largest absolute Gasteiger partial charge is 0.481 e. The molecule has 0 amide bonds. The molecule has 132 valence electrons. The maximum atomic E-state index is 9.90. The summed E-state index contributed by atoms with van der Waals surface area (Å²) in [5.74, 6) is -1.74. The van der Waals surface area contributed by atoms with Crippen LogP contribution in [0.15, 0.2) is 0 Å². The van der Waals surface area contributed by atoms with Gasteiger partial charge < -0.3 is 20.4 Å². The SMILES string of the molecule is O=C(O)CCCCC(=O)O.OCCCCCCCCCCO. The number of hydrogen-bond acceptors (Lipinski definition) is 4. The zero-order valence-corrected chi connectivity index (χ0v) is 13.5. The topological polar surface area (TPSA) is 115 Å². The molecule has 0 atom stereocenters. The van der Waals surface area contributed by atoms with E-state index >= 15 is 0 Å². The second-order valence-electron chi connectivity index (χ2n) is 5.27. The van der Waals surface area contributed by atoms with Gasteiger partial charge in [0.15, 0.2) is 0 Å². The van der Waals surface area contributed by atoms with E-state index in [2.05, 4.69) is 0 Å². The molecule has 22 heavy (non-hydrogen) atoms. The molecule has 0 heterocycles. The maximum Gasteiger partial charge on any atom is 0.303 e. The van der Waals surface area contributed by atoms with Crippen molar-refractivity contribution in [3.05, 3.63) is 0 Å². The number of aliphatic hydroxyl groups excluding tert-OH is 2. The number of hydrogen-bond donors (Lipinski definition) is 4. The number of carboxylic acids is 2.